The molecule has 2 N–H and O–H groups in total. The maximum Gasteiger partial charge on any atom is 0.125 e. The fraction of sp³-hybridized carbons (Fsp3) is 0.227. The van der Waals surface area contributed by atoms with Crippen LogP contribution in [0.1, 0.15) is 31.2 Å². The normalized spacial score (nSPS) is 12.1. The summed E-state index contributed by atoms with van der Waals surface area (Å²) in [5.74, 6) is 0.0532. The van der Waals surface area contributed by atoms with Gasteiger partial charge in [-0.05, 0) is 46.9 Å². The number of hydrogen-bond donors (Lipinski definition) is 2. The Bertz CT molecular complexity index is 867. The summed E-state index contributed by atoms with van der Waals surface area (Å²) in [4.78, 5) is 0. The Morgan fingerprint density at radius 1 is 1.04 bits per heavy atom. The van der Waals surface area contributed by atoms with Crippen LogP contribution in [0.5, 0.6) is 0 Å². The summed E-state index contributed by atoms with van der Waals surface area (Å²) >= 11 is 0. The van der Waals surface area contributed by atoms with E-state index in [1.165, 1.54) is 28.5 Å². The molecule has 0 saturated carbocycles. The van der Waals surface area contributed by atoms with Crippen molar-refractivity contribution in [3.63, 3.8) is 0 Å². The van der Waals surface area contributed by atoms with Crippen molar-refractivity contribution >= 4 is 22.2 Å². The number of benzene rings is 3. The summed E-state index contributed by atoms with van der Waals surface area (Å²) in [7, 11) is 0. The molecule has 0 saturated heterocycles. The van der Waals surface area contributed by atoms with Crippen LogP contribution >= 0.6 is 0 Å². The van der Waals surface area contributed by atoms with Gasteiger partial charge in [-0.15, -0.1) is 0 Å². The summed E-state index contributed by atoms with van der Waals surface area (Å²) in [5, 5.41) is 14.0. The van der Waals surface area contributed by atoms with Gasteiger partial charge >= 0.3 is 0 Å². The predicted octanol–water partition coefficient (Wildman–Crippen LogP) is 5.99. The highest BCUT2D eigenvalue weighted by Gasteiger charge is 2.11. The largest absolute Gasteiger partial charge is 0.385 e. The van der Waals surface area contributed by atoms with Gasteiger partial charge in [0.25, 0.3) is 0 Å². The number of halogens is 1. The maximum atomic E-state index is 13.2. The highest BCUT2D eigenvalue weighted by atomic mass is 19.1. The molecule has 0 heterocycles. The second kappa shape index (κ2) is 7.93. The van der Waals surface area contributed by atoms with Gasteiger partial charge in [-0.2, -0.15) is 0 Å². The highest BCUT2D eigenvalue weighted by Crippen LogP contribution is 2.28. The van der Waals surface area contributed by atoms with E-state index < -0.39 is 0 Å². The van der Waals surface area contributed by atoms with Gasteiger partial charge in [0.1, 0.15) is 5.82 Å². The molecule has 3 aromatic carbocycles. The van der Waals surface area contributed by atoms with Gasteiger partial charge in [0.15, 0.2) is 0 Å². The Morgan fingerprint density at radius 3 is 2.64 bits per heavy atom. The molecule has 3 rings (SSSR count). The second-order valence-electron chi connectivity index (χ2n) is 6.46. The fourth-order valence-electron chi connectivity index (χ4n) is 3.22. The number of rotatable bonds is 7. The number of anilines is 1. The Hall–Kier alpha value is -2.68. The Morgan fingerprint density at radius 2 is 1.80 bits per heavy atom. The predicted molar refractivity (Wildman–Crippen MR) is 104 cm³/mol. The van der Waals surface area contributed by atoms with E-state index in [2.05, 4.69) is 54.7 Å². The van der Waals surface area contributed by atoms with Crippen LogP contribution in [0.2, 0.25) is 0 Å². The lowest BCUT2D eigenvalue weighted by atomic mass is 9.90. The van der Waals surface area contributed by atoms with Crippen LogP contribution in [0.4, 0.5) is 10.1 Å². The summed E-state index contributed by atoms with van der Waals surface area (Å²) < 4.78 is 13.2. The van der Waals surface area contributed by atoms with Gasteiger partial charge in [-0.3, -0.25) is 0 Å². The molecule has 0 amide bonds. The van der Waals surface area contributed by atoms with E-state index in [9.17, 15) is 4.39 Å². The van der Waals surface area contributed by atoms with Gasteiger partial charge in [-0.1, -0.05) is 55.5 Å². The van der Waals surface area contributed by atoms with Crippen molar-refractivity contribution in [3.05, 3.63) is 78.1 Å². The van der Waals surface area contributed by atoms with Crippen molar-refractivity contribution in [2.45, 2.75) is 25.7 Å². The van der Waals surface area contributed by atoms with Crippen LogP contribution in [0.3, 0.4) is 0 Å². The third-order valence-corrected chi connectivity index (χ3v) is 4.49. The molecule has 0 aromatic heterocycles. The topological polar surface area (TPSA) is 35.9 Å². The Balaban J connectivity index is 1.57. The van der Waals surface area contributed by atoms with Gasteiger partial charge in [0.05, 0.1) is 0 Å². The molecule has 3 heteroatoms. The quantitative estimate of drug-likeness (QED) is 0.511. The molecule has 0 aliphatic heterocycles. The molecular formula is C22H23FN2. The molecular weight excluding hydrogens is 311 g/mol. The van der Waals surface area contributed by atoms with E-state index in [0.29, 0.717) is 24.6 Å². The molecule has 0 fully saturated rings. The zero-order valence-corrected chi connectivity index (χ0v) is 14.4. The average Bonchev–Trinajstić information content (AvgIpc) is 2.61. The molecule has 128 valence electrons. The monoisotopic (exact) mass is 334 g/mol. The first-order chi connectivity index (χ1) is 12.1. The summed E-state index contributed by atoms with van der Waals surface area (Å²) in [6, 6.07) is 21.2. The third-order valence-electron chi connectivity index (χ3n) is 4.49. The van der Waals surface area contributed by atoms with Gasteiger partial charge in [0, 0.05) is 24.4 Å². The lowest BCUT2D eigenvalue weighted by Gasteiger charge is -2.16. The molecule has 2 nitrogen and oxygen atoms in total. The standard InChI is InChI=1S/C22H23FN2/c1-16(21-11-4-7-17-6-2-3-10-22(17)21)14-19(24)12-13-25-20-9-5-8-18(23)15-20/h2-11,15-16,24-25H,12-14H2,1H3. The number of nitrogens with one attached hydrogen (secondary N) is 2. The van der Waals surface area contributed by atoms with E-state index in [1.54, 1.807) is 6.07 Å². The van der Waals surface area contributed by atoms with Crippen molar-refractivity contribution in [1.29, 1.82) is 5.41 Å². The SMILES string of the molecule is CC(CC(=N)CCNc1cccc(F)c1)c1cccc2ccccc12. The number of fused-ring (bicyclic) bond motifs is 1. The molecule has 1 unspecified atom stereocenters. The summed E-state index contributed by atoms with van der Waals surface area (Å²) in [5.41, 5.74) is 2.76. The average molecular weight is 334 g/mol. The zero-order chi connectivity index (χ0) is 17.6. The van der Waals surface area contributed by atoms with Crippen LogP contribution in [0, 0.1) is 11.2 Å². The minimum atomic E-state index is -0.246. The first-order valence-corrected chi connectivity index (χ1v) is 8.67. The van der Waals surface area contributed by atoms with Crippen LogP contribution in [-0.4, -0.2) is 12.3 Å². The van der Waals surface area contributed by atoms with Crippen molar-refractivity contribution in [2.24, 2.45) is 0 Å². The zero-order valence-electron chi connectivity index (χ0n) is 14.4. The highest BCUT2D eigenvalue weighted by molar-refractivity contribution is 5.88. The molecule has 0 spiro atoms. The summed E-state index contributed by atoms with van der Waals surface area (Å²) in [6.07, 6.45) is 1.39. The molecule has 3 aromatic rings. The van der Waals surface area contributed by atoms with Gasteiger partial charge in [-0.25, -0.2) is 4.39 Å². The smallest absolute Gasteiger partial charge is 0.125 e. The fourth-order valence-corrected chi connectivity index (χ4v) is 3.22. The van der Waals surface area contributed by atoms with Crippen molar-refractivity contribution in [3.8, 4) is 0 Å². The molecule has 25 heavy (non-hydrogen) atoms. The molecule has 0 radical (unpaired) electrons. The van der Waals surface area contributed by atoms with E-state index >= 15 is 0 Å². The molecule has 1 atom stereocenters. The van der Waals surface area contributed by atoms with E-state index in [0.717, 1.165) is 12.1 Å². The first kappa shape index (κ1) is 17.2. The molecule has 0 aliphatic carbocycles. The molecule has 0 aliphatic rings. The third kappa shape index (κ3) is 4.44. The minimum absolute atomic E-state index is 0.246. The first-order valence-electron chi connectivity index (χ1n) is 8.67. The van der Waals surface area contributed by atoms with Crippen LogP contribution < -0.4 is 5.32 Å². The van der Waals surface area contributed by atoms with Crippen LogP contribution in [0.25, 0.3) is 10.8 Å². The lowest BCUT2D eigenvalue weighted by molar-refractivity contribution is 0.628. The maximum absolute atomic E-state index is 13.2. The van der Waals surface area contributed by atoms with Crippen molar-refractivity contribution in [2.75, 3.05) is 11.9 Å². The van der Waals surface area contributed by atoms with Crippen LogP contribution in [-0.2, 0) is 0 Å². The minimum Gasteiger partial charge on any atom is -0.385 e. The van der Waals surface area contributed by atoms with Crippen molar-refractivity contribution < 1.29 is 4.39 Å². The van der Waals surface area contributed by atoms with E-state index in [1.807, 2.05) is 6.07 Å². The summed E-state index contributed by atoms with van der Waals surface area (Å²) in [6.45, 7) is 2.82. The van der Waals surface area contributed by atoms with Gasteiger partial charge in [0.2, 0.25) is 0 Å². The Labute approximate surface area is 148 Å². The number of hydrogen-bond acceptors (Lipinski definition) is 2. The molecule has 0 bridgehead atoms. The Kier molecular flexibility index (Phi) is 5.44. The van der Waals surface area contributed by atoms with Gasteiger partial charge < -0.3 is 10.7 Å². The lowest BCUT2D eigenvalue weighted by Crippen LogP contribution is -2.10. The van der Waals surface area contributed by atoms with Crippen molar-refractivity contribution in [1.82, 2.24) is 0 Å². The van der Waals surface area contributed by atoms with Crippen LogP contribution in [0.15, 0.2) is 66.7 Å². The van der Waals surface area contributed by atoms with E-state index in [4.69, 9.17) is 5.41 Å². The second-order valence-corrected chi connectivity index (χ2v) is 6.46. The van der Waals surface area contributed by atoms with E-state index in [-0.39, 0.29) is 5.82 Å².